The highest BCUT2D eigenvalue weighted by Gasteiger charge is 2.21. The molecule has 0 spiro atoms. The van der Waals surface area contributed by atoms with Crippen molar-refractivity contribution < 1.29 is 22.4 Å². The average Bonchev–Trinajstić information content (AvgIpc) is 2.39. The van der Waals surface area contributed by atoms with Crippen LogP contribution in [-0.2, 0) is 0 Å². The van der Waals surface area contributed by atoms with E-state index in [4.69, 9.17) is 0 Å². The first kappa shape index (κ1) is 13.7. The lowest BCUT2D eigenvalue weighted by atomic mass is 10.0. The van der Waals surface area contributed by atoms with Crippen molar-refractivity contribution in [3.05, 3.63) is 69.2 Å². The Kier molecular flexibility index (Phi) is 3.71. The summed E-state index contributed by atoms with van der Waals surface area (Å²) in [5.74, 6) is -5.87. The van der Waals surface area contributed by atoms with Gasteiger partial charge < -0.3 is 0 Å². The van der Waals surface area contributed by atoms with Crippen molar-refractivity contribution in [2.45, 2.75) is 0 Å². The Bertz CT molecular complexity index is 670. The number of carbonyl (C=O) groups is 1. The molecule has 2 aromatic carbocycles. The minimum Gasteiger partial charge on any atom is -0.288 e. The first-order chi connectivity index (χ1) is 8.93. The second-order valence-electron chi connectivity index (χ2n) is 3.65. The quantitative estimate of drug-likeness (QED) is 0.457. The normalized spacial score (nSPS) is 10.6. The third kappa shape index (κ3) is 2.40. The number of hydrogen-bond donors (Lipinski definition) is 0. The number of rotatable bonds is 2. The van der Waals surface area contributed by atoms with Gasteiger partial charge in [0.25, 0.3) is 0 Å². The molecule has 19 heavy (non-hydrogen) atoms. The van der Waals surface area contributed by atoms with Crippen LogP contribution in [0, 0.1) is 23.3 Å². The molecule has 1 nitrogen and oxygen atoms in total. The molecule has 0 aliphatic heterocycles. The van der Waals surface area contributed by atoms with Crippen LogP contribution in [0.15, 0.2) is 34.8 Å². The Morgan fingerprint density at radius 1 is 0.842 bits per heavy atom. The van der Waals surface area contributed by atoms with Gasteiger partial charge in [-0.05, 0) is 40.2 Å². The van der Waals surface area contributed by atoms with Gasteiger partial charge in [0.15, 0.2) is 29.1 Å². The van der Waals surface area contributed by atoms with E-state index in [-0.39, 0.29) is 5.56 Å². The van der Waals surface area contributed by atoms with Gasteiger partial charge in [-0.2, -0.15) is 0 Å². The lowest BCUT2D eigenvalue weighted by Gasteiger charge is -2.06. The van der Waals surface area contributed by atoms with E-state index in [1.165, 1.54) is 0 Å². The van der Waals surface area contributed by atoms with Crippen molar-refractivity contribution in [1.82, 2.24) is 0 Å². The Hall–Kier alpha value is -1.69. The SMILES string of the molecule is O=C(c1cccc(F)c1F)c1ccc(F)c(F)c1Br. The molecule has 0 aromatic heterocycles. The molecule has 0 aliphatic rings. The Morgan fingerprint density at radius 2 is 1.47 bits per heavy atom. The zero-order chi connectivity index (χ0) is 14.2. The van der Waals surface area contributed by atoms with Crippen LogP contribution in [-0.4, -0.2) is 5.78 Å². The van der Waals surface area contributed by atoms with Crippen LogP contribution in [0.2, 0.25) is 0 Å². The van der Waals surface area contributed by atoms with Gasteiger partial charge in [-0.1, -0.05) is 6.07 Å². The highest BCUT2D eigenvalue weighted by atomic mass is 79.9. The van der Waals surface area contributed by atoms with Gasteiger partial charge in [-0.25, -0.2) is 17.6 Å². The predicted octanol–water partition coefficient (Wildman–Crippen LogP) is 4.24. The number of ketones is 1. The van der Waals surface area contributed by atoms with Crippen LogP contribution in [0.25, 0.3) is 0 Å². The lowest BCUT2D eigenvalue weighted by Crippen LogP contribution is -2.08. The molecule has 0 radical (unpaired) electrons. The molecule has 0 saturated carbocycles. The minimum atomic E-state index is -1.33. The molecule has 6 heteroatoms. The van der Waals surface area contributed by atoms with Crippen LogP contribution >= 0.6 is 15.9 Å². The molecule has 98 valence electrons. The van der Waals surface area contributed by atoms with Gasteiger partial charge in [0.1, 0.15) is 0 Å². The second kappa shape index (κ2) is 5.13. The fourth-order valence-corrected chi connectivity index (χ4v) is 2.03. The van der Waals surface area contributed by atoms with Crippen LogP contribution in [0.5, 0.6) is 0 Å². The predicted molar refractivity (Wildman–Crippen MR) is 63.8 cm³/mol. The van der Waals surface area contributed by atoms with Gasteiger partial charge in [-0.15, -0.1) is 0 Å². The van der Waals surface area contributed by atoms with Crippen molar-refractivity contribution in [2.75, 3.05) is 0 Å². The summed E-state index contributed by atoms with van der Waals surface area (Å²) in [7, 11) is 0. The van der Waals surface area contributed by atoms with Gasteiger partial charge in [0.2, 0.25) is 0 Å². The zero-order valence-electron chi connectivity index (χ0n) is 9.18. The maximum absolute atomic E-state index is 13.5. The molecule has 0 heterocycles. The maximum atomic E-state index is 13.5. The smallest absolute Gasteiger partial charge is 0.197 e. The molecule has 0 amide bonds. The fourth-order valence-electron chi connectivity index (χ4n) is 1.53. The van der Waals surface area contributed by atoms with Gasteiger partial charge in [0.05, 0.1) is 10.0 Å². The fraction of sp³-hybridized carbons (Fsp3) is 0. The van der Waals surface area contributed by atoms with Crippen molar-refractivity contribution in [3.8, 4) is 0 Å². The number of carbonyl (C=O) groups excluding carboxylic acids is 1. The van der Waals surface area contributed by atoms with E-state index >= 15 is 0 Å². The molecule has 0 unspecified atom stereocenters. The molecule has 0 N–H and O–H groups in total. The Morgan fingerprint density at radius 3 is 2.16 bits per heavy atom. The summed E-state index contributed by atoms with van der Waals surface area (Å²) in [6, 6.07) is 4.81. The molecule has 0 saturated heterocycles. The van der Waals surface area contributed by atoms with E-state index in [0.717, 1.165) is 30.3 Å². The van der Waals surface area contributed by atoms with Gasteiger partial charge >= 0.3 is 0 Å². The van der Waals surface area contributed by atoms with Crippen molar-refractivity contribution in [2.24, 2.45) is 0 Å². The molecule has 2 rings (SSSR count). The summed E-state index contributed by atoms with van der Waals surface area (Å²) >= 11 is 2.72. The van der Waals surface area contributed by atoms with Crippen LogP contribution in [0.4, 0.5) is 17.6 Å². The van der Waals surface area contributed by atoms with E-state index in [1.807, 2.05) is 0 Å². The van der Waals surface area contributed by atoms with Crippen LogP contribution < -0.4 is 0 Å². The molecule has 0 atom stereocenters. The Balaban J connectivity index is 2.57. The monoisotopic (exact) mass is 332 g/mol. The largest absolute Gasteiger partial charge is 0.288 e. The molecule has 0 bridgehead atoms. The maximum Gasteiger partial charge on any atom is 0.197 e. The van der Waals surface area contributed by atoms with Gasteiger partial charge in [-0.3, -0.25) is 4.79 Å². The molecular formula is C13H5BrF4O. The lowest BCUT2D eigenvalue weighted by molar-refractivity contribution is 0.103. The molecule has 2 aromatic rings. The third-order valence-electron chi connectivity index (χ3n) is 2.48. The van der Waals surface area contributed by atoms with E-state index in [9.17, 15) is 22.4 Å². The van der Waals surface area contributed by atoms with Crippen molar-refractivity contribution >= 4 is 21.7 Å². The summed E-state index contributed by atoms with van der Waals surface area (Å²) < 4.78 is 52.3. The van der Waals surface area contributed by atoms with Gasteiger partial charge in [0, 0.05) is 5.56 Å². The van der Waals surface area contributed by atoms with E-state index < -0.39 is 39.1 Å². The molecular weight excluding hydrogens is 328 g/mol. The standard InChI is InChI=1S/C13H5BrF4O/c14-10-6(4-5-9(16)12(10)18)13(19)7-2-1-3-8(15)11(7)17/h1-5H. The molecule has 0 fully saturated rings. The summed E-state index contributed by atoms with van der Waals surface area (Å²) in [6.45, 7) is 0. The average molecular weight is 333 g/mol. The van der Waals surface area contributed by atoms with Crippen LogP contribution in [0.1, 0.15) is 15.9 Å². The minimum absolute atomic E-state index is 0.289. The third-order valence-corrected chi connectivity index (χ3v) is 3.25. The zero-order valence-corrected chi connectivity index (χ0v) is 10.8. The number of benzene rings is 2. The van der Waals surface area contributed by atoms with Crippen molar-refractivity contribution in [1.29, 1.82) is 0 Å². The van der Waals surface area contributed by atoms with E-state index in [1.54, 1.807) is 0 Å². The second-order valence-corrected chi connectivity index (χ2v) is 4.45. The highest BCUT2D eigenvalue weighted by molar-refractivity contribution is 9.10. The van der Waals surface area contributed by atoms with Crippen LogP contribution in [0.3, 0.4) is 0 Å². The highest BCUT2D eigenvalue weighted by Crippen LogP contribution is 2.26. The first-order valence-electron chi connectivity index (χ1n) is 5.05. The topological polar surface area (TPSA) is 17.1 Å². The summed E-state index contributed by atoms with van der Waals surface area (Å²) in [5, 5.41) is 0. The summed E-state index contributed by atoms with van der Waals surface area (Å²) in [6.07, 6.45) is 0. The Labute approximate surface area is 114 Å². The summed E-state index contributed by atoms with van der Waals surface area (Å²) in [5.41, 5.74) is -0.838. The molecule has 0 aliphatic carbocycles. The summed E-state index contributed by atoms with van der Waals surface area (Å²) in [4.78, 5) is 12.0. The van der Waals surface area contributed by atoms with Crippen molar-refractivity contribution in [3.63, 3.8) is 0 Å². The number of hydrogen-bond acceptors (Lipinski definition) is 1. The first-order valence-corrected chi connectivity index (χ1v) is 5.85. The van der Waals surface area contributed by atoms with E-state index in [2.05, 4.69) is 15.9 Å². The van der Waals surface area contributed by atoms with E-state index in [0.29, 0.717) is 0 Å². The number of halogens is 5.